The monoisotopic (exact) mass is 244 g/mol. The van der Waals surface area contributed by atoms with Crippen LogP contribution in [-0.4, -0.2) is 28.5 Å². The lowest BCUT2D eigenvalue weighted by Gasteiger charge is -2.00. The molecule has 0 unspecified atom stereocenters. The fourth-order valence-corrected chi connectivity index (χ4v) is 1.35. The highest BCUT2D eigenvalue weighted by atomic mass is 16.5. The van der Waals surface area contributed by atoms with Gasteiger partial charge in [0.2, 0.25) is 5.88 Å². The van der Waals surface area contributed by atoms with Crippen LogP contribution in [0.5, 0.6) is 17.4 Å². The van der Waals surface area contributed by atoms with Crippen molar-refractivity contribution in [1.29, 1.82) is 0 Å². The molecule has 1 aromatic heterocycles. The first-order valence-electron chi connectivity index (χ1n) is 5.25. The molecule has 92 valence electrons. The number of phenolic OH excluding ortho intramolecular Hbond substituents is 2. The largest absolute Gasteiger partial charge is 0.508 e. The molecule has 0 saturated carbocycles. The van der Waals surface area contributed by atoms with Gasteiger partial charge in [-0.2, -0.15) is 0 Å². The molecule has 1 aromatic carbocycles. The first-order chi connectivity index (χ1) is 8.69. The molecule has 0 aliphatic rings. The van der Waals surface area contributed by atoms with Gasteiger partial charge in [0.1, 0.15) is 17.2 Å². The topological polar surface area (TPSA) is 74.9 Å². The van der Waals surface area contributed by atoms with Crippen molar-refractivity contribution in [3.05, 3.63) is 42.1 Å². The fourth-order valence-electron chi connectivity index (χ4n) is 1.35. The highest BCUT2D eigenvalue weighted by molar-refractivity contribution is 5.82. The molecule has 0 fully saturated rings. The van der Waals surface area contributed by atoms with Gasteiger partial charge in [0, 0.05) is 30.1 Å². The van der Waals surface area contributed by atoms with Crippen molar-refractivity contribution in [2.24, 2.45) is 4.99 Å². The Bertz CT molecular complexity index is 565. The third-order valence-electron chi connectivity index (χ3n) is 2.28. The second-order valence-corrected chi connectivity index (χ2v) is 3.57. The Kier molecular flexibility index (Phi) is 3.43. The molecule has 0 radical (unpaired) electrons. The Hall–Kier alpha value is -2.56. The fraction of sp³-hybridized carbons (Fsp3) is 0.0769. The molecule has 0 aliphatic heterocycles. The van der Waals surface area contributed by atoms with Crippen LogP contribution in [0.2, 0.25) is 0 Å². The molecule has 0 amide bonds. The first-order valence-corrected chi connectivity index (χ1v) is 5.25. The van der Waals surface area contributed by atoms with Crippen molar-refractivity contribution in [2.45, 2.75) is 0 Å². The number of hydrogen-bond acceptors (Lipinski definition) is 5. The van der Waals surface area contributed by atoms with Crippen molar-refractivity contribution in [1.82, 2.24) is 4.98 Å². The summed E-state index contributed by atoms with van der Waals surface area (Å²) in [7, 11) is 1.55. The number of aromatic nitrogens is 1. The van der Waals surface area contributed by atoms with E-state index in [9.17, 15) is 5.11 Å². The van der Waals surface area contributed by atoms with E-state index in [-0.39, 0.29) is 11.5 Å². The van der Waals surface area contributed by atoms with E-state index in [2.05, 4.69) is 9.98 Å². The second-order valence-electron chi connectivity index (χ2n) is 3.57. The number of nitrogens with zero attached hydrogens (tertiary/aromatic N) is 2. The van der Waals surface area contributed by atoms with Crippen LogP contribution in [-0.2, 0) is 0 Å². The normalized spacial score (nSPS) is 10.7. The number of aromatic hydroxyl groups is 2. The standard InChI is InChI=1S/C13H12N2O3/c1-18-13-5-2-9(8-15-13)7-14-11-4-3-10(16)6-12(11)17/h2-8,16-17H,1H3. The molecule has 0 saturated heterocycles. The van der Waals surface area contributed by atoms with Gasteiger partial charge in [-0.3, -0.25) is 4.99 Å². The summed E-state index contributed by atoms with van der Waals surface area (Å²) >= 11 is 0. The quantitative estimate of drug-likeness (QED) is 0.812. The number of rotatable bonds is 3. The average molecular weight is 244 g/mol. The van der Waals surface area contributed by atoms with E-state index in [4.69, 9.17) is 9.84 Å². The van der Waals surface area contributed by atoms with E-state index in [1.54, 1.807) is 31.7 Å². The van der Waals surface area contributed by atoms with Crippen molar-refractivity contribution < 1.29 is 14.9 Å². The minimum Gasteiger partial charge on any atom is -0.508 e. The maximum Gasteiger partial charge on any atom is 0.212 e. The van der Waals surface area contributed by atoms with Gasteiger partial charge in [-0.25, -0.2) is 4.98 Å². The molecule has 2 N–H and O–H groups in total. The van der Waals surface area contributed by atoms with Crippen LogP contribution in [0.1, 0.15) is 5.56 Å². The lowest BCUT2D eigenvalue weighted by molar-refractivity contribution is 0.398. The zero-order valence-electron chi connectivity index (χ0n) is 9.74. The van der Waals surface area contributed by atoms with Crippen LogP contribution < -0.4 is 4.74 Å². The smallest absolute Gasteiger partial charge is 0.212 e. The van der Waals surface area contributed by atoms with Crippen LogP contribution >= 0.6 is 0 Å². The summed E-state index contributed by atoms with van der Waals surface area (Å²) in [4.78, 5) is 8.14. The van der Waals surface area contributed by atoms with Crippen LogP contribution in [0.25, 0.3) is 0 Å². The van der Waals surface area contributed by atoms with E-state index in [1.165, 1.54) is 18.2 Å². The molecule has 0 aliphatic carbocycles. The first kappa shape index (κ1) is 11.9. The van der Waals surface area contributed by atoms with E-state index >= 15 is 0 Å². The highest BCUT2D eigenvalue weighted by Gasteiger charge is 1.99. The number of aliphatic imine (C=N–C) groups is 1. The number of methoxy groups -OCH3 is 1. The lowest BCUT2D eigenvalue weighted by Crippen LogP contribution is -1.88. The molecule has 5 heteroatoms. The van der Waals surface area contributed by atoms with Crippen molar-refractivity contribution in [2.75, 3.05) is 7.11 Å². The molecule has 0 spiro atoms. The molecule has 0 bridgehead atoms. The van der Waals surface area contributed by atoms with E-state index in [1.807, 2.05) is 0 Å². The van der Waals surface area contributed by atoms with Crippen molar-refractivity contribution >= 4 is 11.9 Å². The summed E-state index contributed by atoms with van der Waals surface area (Å²) in [6.45, 7) is 0. The number of benzene rings is 1. The summed E-state index contributed by atoms with van der Waals surface area (Å²) in [6, 6.07) is 7.74. The van der Waals surface area contributed by atoms with Gasteiger partial charge < -0.3 is 14.9 Å². The van der Waals surface area contributed by atoms with E-state index in [0.717, 1.165) is 5.56 Å². The third-order valence-corrected chi connectivity index (χ3v) is 2.28. The molecular weight excluding hydrogens is 232 g/mol. The third kappa shape index (κ3) is 2.76. The molecular formula is C13H12N2O3. The van der Waals surface area contributed by atoms with Gasteiger partial charge in [0.25, 0.3) is 0 Å². The number of hydrogen-bond donors (Lipinski definition) is 2. The summed E-state index contributed by atoms with van der Waals surface area (Å²) in [5.41, 5.74) is 1.16. The number of pyridine rings is 1. The minimum atomic E-state index is -0.0762. The van der Waals surface area contributed by atoms with Gasteiger partial charge in [-0.15, -0.1) is 0 Å². The van der Waals surface area contributed by atoms with E-state index in [0.29, 0.717) is 11.6 Å². The summed E-state index contributed by atoms with van der Waals surface area (Å²) in [5.74, 6) is 0.449. The predicted octanol–water partition coefficient (Wildman–Crippen LogP) is 2.25. The van der Waals surface area contributed by atoms with Crippen LogP contribution in [0.4, 0.5) is 5.69 Å². The number of phenols is 2. The number of ether oxygens (including phenoxy) is 1. The molecule has 18 heavy (non-hydrogen) atoms. The van der Waals surface area contributed by atoms with Crippen molar-refractivity contribution in [3.63, 3.8) is 0 Å². The average Bonchev–Trinajstić information content (AvgIpc) is 2.38. The predicted molar refractivity (Wildman–Crippen MR) is 67.8 cm³/mol. The SMILES string of the molecule is COc1ccc(C=Nc2ccc(O)cc2O)cn1. The van der Waals surface area contributed by atoms with Gasteiger partial charge >= 0.3 is 0 Å². The lowest BCUT2D eigenvalue weighted by atomic mass is 10.2. The highest BCUT2D eigenvalue weighted by Crippen LogP contribution is 2.29. The van der Waals surface area contributed by atoms with Gasteiger partial charge in [-0.05, 0) is 18.2 Å². The molecule has 1 heterocycles. The molecule has 2 rings (SSSR count). The Balaban J connectivity index is 2.19. The zero-order chi connectivity index (χ0) is 13.0. The Morgan fingerprint density at radius 1 is 1.22 bits per heavy atom. The van der Waals surface area contributed by atoms with Crippen LogP contribution in [0, 0.1) is 0 Å². The molecule has 5 nitrogen and oxygen atoms in total. The van der Waals surface area contributed by atoms with Crippen molar-refractivity contribution in [3.8, 4) is 17.4 Å². The summed E-state index contributed by atoms with van der Waals surface area (Å²) < 4.78 is 4.94. The maximum atomic E-state index is 9.54. The van der Waals surface area contributed by atoms with E-state index < -0.39 is 0 Å². The molecule has 2 aromatic rings. The van der Waals surface area contributed by atoms with Crippen LogP contribution in [0.15, 0.2) is 41.5 Å². The molecule has 0 atom stereocenters. The minimum absolute atomic E-state index is 0.00226. The Labute approximate surface area is 104 Å². The Morgan fingerprint density at radius 3 is 2.67 bits per heavy atom. The second kappa shape index (κ2) is 5.18. The van der Waals surface area contributed by atoms with Gasteiger partial charge in [-0.1, -0.05) is 0 Å². The van der Waals surface area contributed by atoms with Gasteiger partial charge in [0.05, 0.1) is 7.11 Å². The summed E-state index contributed by atoms with van der Waals surface area (Å²) in [5, 5.41) is 18.7. The van der Waals surface area contributed by atoms with Crippen LogP contribution in [0.3, 0.4) is 0 Å². The summed E-state index contributed by atoms with van der Waals surface area (Å²) in [6.07, 6.45) is 3.18. The maximum absolute atomic E-state index is 9.54. The van der Waals surface area contributed by atoms with Gasteiger partial charge in [0.15, 0.2) is 0 Å². The Morgan fingerprint density at radius 2 is 2.06 bits per heavy atom. The zero-order valence-corrected chi connectivity index (χ0v) is 9.74.